The van der Waals surface area contributed by atoms with E-state index in [4.69, 9.17) is 0 Å². The van der Waals surface area contributed by atoms with E-state index in [0.29, 0.717) is 24.3 Å². The maximum absolute atomic E-state index is 12.8. The van der Waals surface area contributed by atoms with Crippen LogP contribution in [0.1, 0.15) is 29.0 Å². The minimum absolute atomic E-state index is 0.189. The van der Waals surface area contributed by atoms with E-state index in [1.54, 1.807) is 21.8 Å². The number of carbonyl (C=O) groups excluding carboxylic acids is 2. The maximum Gasteiger partial charge on any atom is 0.275 e. The monoisotopic (exact) mass is 364 g/mol. The number of aromatic amines is 1. The summed E-state index contributed by atoms with van der Waals surface area (Å²) >= 11 is 0. The Labute approximate surface area is 156 Å². The van der Waals surface area contributed by atoms with Crippen LogP contribution in [-0.4, -0.2) is 49.3 Å². The van der Waals surface area contributed by atoms with Crippen LogP contribution in [0.3, 0.4) is 0 Å². The molecule has 1 unspecified atom stereocenters. The molecule has 1 fully saturated rings. The Morgan fingerprint density at radius 3 is 2.89 bits per heavy atom. The Kier molecular flexibility index (Phi) is 4.45. The van der Waals surface area contributed by atoms with Gasteiger partial charge in [0.25, 0.3) is 5.91 Å². The van der Waals surface area contributed by atoms with Gasteiger partial charge < -0.3 is 10.2 Å². The van der Waals surface area contributed by atoms with Crippen molar-refractivity contribution in [2.24, 2.45) is 0 Å². The summed E-state index contributed by atoms with van der Waals surface area (Å²) in [5.74, 6) is -0.409. The molecule has 2 aromatic heterocycles. The largest absolute Gasteiger partial charge is 0.325 e. The molecule has 0 radical (unpaired) electrons. The molecule has 3 aromatic rings. The van der Waals surface area contributed by atoms with Crippen LogP contribution in [0, 0.1) is 6.92 Å². The van der Waals surface area contributed by atoms with Gasteiger partial charge in [-0.25, -0.2) is 4.68 Å². The highest BCUT2D eigenvalue weighted by molar-refractivity contribution is 6.01. The van der Waals surface area contributed by atoms with E-state index in [1.165, 1.54) is 0 Å². The van der Waals surface area contributed by atoms with Crippen LogP contribution in [0.5, 0.6) is 0 Å². The van der Waals surface area contributed by atoms with Gasteiger partial charge in [-0.15, -0.1) is 0 Å². The van der Waals surface area contributed by atoms with Crippen molar-refractivity contribution in [2.45, 2.75) is 25.8 Å². The molecule has 1 aromatic carbocycles. The number of carbonyl (C=O) groups is 2. The standard InChI is InChI=1S/C19H20N6O2/c1-13-11-16(23-22-13)19(27)24-9-3-7-17(24)18(26)21-14-5-2-6-15(12-14)25-10-4-8-20-25/h2,4-6,8,10-12,17H,3,7,9H2,1H3,(H,21,26)(H,22,23). The van der Waals surface area contributed by atoms with Gasteiger partial charge in [-0.05, 0) is 50.1 Å². The van der Waals surface area contributed by atoms with Gasteiger partial charge in [0.05, 0.1) is 5.69 Å². The van der Waals surface area contributed by atoms with Crippen molar-refractivity contribution in [2.75, 3.05) is 11.9 Å². The second kappa shape index (κ2) is 7.06. The molecule has 1 aliphatic rings. The lowest BCUT2D eigenvalue weighted by molar-refractivity contribution is -0.119. The molecule has 3 heterocycles. The molecule has 138 valence electrons. The summed E-state index contributed by atoms with van der Waals surface area (Å²) in [5, 5.41) is 13.9. The first-order valence-corrected chi connectivity index (χ1v) is 8.86. The molecule has 2 N–H and O–H groups in total. The van der Waals surface area contributed by atoms with Crippen molar-refractivity contribution in [3.63, 3.8) is 0 Å². The number of aromatic nitrogens is 4. The summed E-state index contributed by atoms with van der Waals surface area (Å²) in [4.78, 5) is 27.1. The Morgan fingerprint density at radius 1 is 1.26 bits per heavy atom. The summed E-state index contributed by atoms with van der Waals surface area (Å²) in [6.07, 6.45) is 4.97. The third-order valence-corrected chi connectivity index (χ3v) is 4.62. The zero-order valence-corrected chi connectivity index (χ0v) is 14.9. The van der Waals surface area contributed by atoms with E-state index in [0.717, 1.165) is 17.8 Å². The van der Waals surface area contributed by atoms with Crippen molar-refractivity contribution in [3.05, 3.63) is 60.2 Å². The van der Waals surface area contributed by atoms with Gasteiger partial charge in [-0.1, -0.05) is 6.07 Å². The van der Waals surface area contributed by atoms with Crippen molar-refractivity contribution in [1.29, 1.82) is 0 Å². The minimum atomic E-state index is -0.497. The van der Waals surface area contributed by atoms with Crippen molar-refractivity contribution in [3.8, 4) is 5.69 Å². The summed E-state index contributed by atoms with van der Waals surface area (Å²) in [6, 6.07) is 10.5. The molecule has 2 amide bonds. The predicted molar refractivity (Wildman–Crippen MR) is 99.6 cm³/mol. The summed E-state index contributed by atoms with van der Waals surface area (Å²) in [7, 11) is 0. The maximum atomic E-state index is 12.8. The van der Waals surface area contributed by atoms with Crippen LogP contribution in [0.15, 0.2) is 48.8 Å². The van der Waals surface area contributed by atoms with Crippen LogP contribution in [0.2, 0.25) is 0 Å². The lowest BCUT2D eigenvalue weighted by Gasteiger charge is -2.23. The van der Waals surface area contributed by atoms with Gasteiger partial charge in [-0.2, -0.15) is 10.2 Å². The van der Waals surface area contributed by atoms with E-state index in [1.807, 2.05) is 43.5 Å². The number of amides is 2. The Morgan fingerprint density at radius 2 is 2.15 bits per heavy atom. The number of likely N-dealkylation sites (tertiary alicyclic amines) is 1. The molecular weight excluding hydrogens is 344 g/mol. The van der Waals surface area contributed by atoms with Crippen LogP contribution in [-0.2, 0) is 4.79 Å². The fraction of sp³-hybridized carbons (Fsp3) is 0.263. The van der Waals surface area contributed by atoms with E-state index < -0.39 is 6.04 Å². The average molecular weight is 364 g/mol. The zero-order valence-electron chi connectivity index (χ0n) is 14.9. The van der Waals surface area contributed by atoms with Gasteiger partial charge in [0.1, 0.15) is 11.7 Å². The van der Waals surface area contributed by atoms with Gasteiger partial charge in [-0.3, -0.25) is 14.7 Å². The Hall–Kier alpha value is -3.42. The smallest absolute Gasteiger partial charge is 0.275 e. The first-order chi connectivity index (χ1) is 13.1. The topological polar surface area (TPSA) is 95.9 Å². The highest BCUT2D eigenvalue weighted by Crippen LogP contribution is 2.22. The van der Waals surface area contributed by atoms with E-state index >= 15 is 0 Å². The molecule has 4 rings (SSSR count). The minimum Gasteiger partial charge on any atom is -0.325 e. The highest BCUT2D eigenvalue weighted by atomic mass is 16.2. The first-order valence-electron chi connectivity index (χ1n) is 8.86. The number of aryl methyl sites for hydroxylation is 1. The Balaban J connectivity index is 1.49. The predicted octanol–water partition coefficient (Wildman–Crippen LogP) is 2.15. The number of anilines is 1. The van der Waals surface area contributed by atoms with E-state index in [-0.39, 0.29) is 11.8 Å². The van der Waals surface area contributed by atoms with Gasteiger partial charge in [0.15, 0.2) is 0 Å². The first kappa shape index (κ1) is 17.0. The average Bonchev–Trinajstić information content (AvgIpc) is 3.42. The number of H-pyrrole nitrogens is 1. The quantitative estimate of drug-likeness (QED) is 0.741. The molecule has 8 nitrogen and oxygen atoms in total. The second-order valence-corrected chi connectivity index (χ2v) is 6.58. The summed E-state index contributed by atoms with van der Waals surface area (Å²) in [5.41, 5.74) is 2.67. The van der Waals surface area contributed by atoms with Crippen LogP contribution in [0.25, 0.3) is 5.69 Å². The van der Waals surface area contributed by atoms with Crippen molar-refractivity contribution in [1.82, 2.24) is 24.9 Å². The van der Waals surface area contributed by atoms with Crippen LogP contribution < -0.4 is 5.32 Å². The second-order valence-electron chi connectivity index (χ2n) is 6.58. The molecule has 8 heteroatoms. The third kappa shape index (κ3) is 3.46. The molecule has 0 bridgehead atoms. The third-order valence-electron chi connectivity index (χ3n) is 4.62. The van der Waals surface area contributed by atoms with Crippen LogP contribution in [0.4, 0.5) is 5.69 Å². The highest BCUT2D eigenvalue weighted by Gasteiger charge is 2.35. The van der Waals surface area contributed by atoms with Gasteiger partial charge >= 0.3 is 0 Å². The number of hydrogen-bond acceptors (Lipinski definition) is 4. The molecule has 1 saturated heterocycles. The number of hydrogen-bond donors (Lipinski definition) is 2. The molecule has 0 spiro atoms. The Bertz CT molecular complexity index is 962. The lowest BCUT2D eigenvalue weighted by atomic mass is 10.2. The molecule has 27 heavy (non-hydrogen) atoms. The number of rotatable bonds is 4. The fourth-order valence-electron chi connectivity index (χ4n) is 3.33. The molecule has 1 aliphatic heterocycles. The normalized spacial score (nSPS) is 16.5. The van der Waals surface area contributed by atoms with Crippen molar-refractivity contribution < 1.29 is 9.59 Å². The zero-order chi connectivity index (χ0) is 18.8. The van der Waals surface area contributed by atoms with Gasteiger partial charge in [0, 0.05) is 30.3 Å². The molecule has 1 atom stereocenters. The molecular formula is C19H20N6O2. The SMILES string of the molecule is Cc1cc(C(=O)N2CCCC2C(=O)Nc2cccc(-n3cccn3)c2)n[nH]1. The van der Waals surface area contributed by atoms with Gasteiger partial charge in [0.2, 0.25) is 5.91 Å². The number of nitrogens with one attached hydrogen (secondary N) is 2. The van der Waals surface area contributed by atoms with E-state index in [2.05, 4.69) is 20.6 Å². The summed E-state index contributed by atoms with van der Waals surface area (Å²) < 4.78 is 1.72. The van der Waals surface area contributed by atoms with Crippen LogP contribution >= 0.6 is 0 Å². The number of nitrogens with zero attached hydrogens (tertiary/aromatic N) is 4. The number of benzene rings is 1. The molecule has 0 aliphatic carbocycles. The van der Waals surface area contributed by atoms with E-state index in [9.17, 15) is 9.59 Å². The van der Waals surface area contributed by atoms with Crippen molar-refractivity contribution >= 4 is 17.5 Å². The molecule has 0 saturated carbocycles. The fourth-order valence-corrected chi connectivity index (χ4v) is 3.33. The summed E-state index contributed by atoms with van der Waals surface area (Å²) in [6.45, 7) is 2.39. The lowest BCUT2D eigenvalue weighted by Crippen LogP contribution is -2.43.